The van der Waals surface area contributed by atoms with Crippen molar-refractivity contribution in [2.45, 2.75) is 25.2 Å². The molecule has 1 saturated heterocycles. The summed E-state index contributed by atoms with van der Waals surface area (Å²) in [6.45, 7) is 1.06. The highest BCUT2D eigenvalue weighted by Crippen LogP contribution is 2.40. The monoisotopic (exact) mass is 481 g/mol. The zero-order valence-corrected chi connectivity index (χ0v) is 19.5. The maximum absolute atomic E-state index is 14.1. The number of halogens is 2. The molecule has 1 fully saturated rings. The Morgan fingerprint density at radius 3 is 2.34 bits per heavy atom. The van der Waals surface area contributed by atoms with Crippen LogP contribution in [0, 0.1) is 11.6 Å². The molecule has 2 aliphatic rings. The van der Waals surface area contributed by atoms with Gasteiger partial charge in [-0.05, 0) is 47.5 Å². The van der Waals surface area contributed by atoms with Gasteiger partial charge in [0.1, 0.15) is 17.4 Å². The van der Waals surface area contributed by atoms with Crippen molar-refractivity contribution in [2.24, 2.45) is 0 Å². The van der Waals surface area contributed by atoms with Crippen LogP contribution in [-0.4, -0.2) is 43.9 Å². The quantitative estimate of drug-likeness (QED) is 0.513. The van der Waals surface area contributed by atoms with Crippen molar-refractivity contribution in [2.75, 3.05) is 27.3 Å². The molecule has 0 N–H and O–H groups in total. The Morgan fingerprint density at radius 1 is 0.914 bits per heavy atom. The number of hydrogen-bond acceptors (Lipinski definition) is 5. The lowest BCUT2D eigenvalue weighted by Gasteiger charge is -2.44. The van der Waals surface area contributed by atoms with Crippen molar-refractivity contribution in [1.29, 1.82) is 0 Å². The van der Waals surface area contributed by atoms with Gasteiger partial charge in [-0.1, -0.05) is 12.1 Å². The number of carbonyl (C=O) groups excluding carboxylic acids is 1. The Bertz CT molecular complexity index is 1270. The van der Waals surface area contributed by atoms with E-state index in [1.165, 1.54) is 6.07 Å². The van der Waals surface area contributed by atoms with Gasteiger partial charge in [-0.15, -0.1) is 0 Å². The first kappa shape index (κ1) is 23.1. The lowest BCUT2D eigenvalue weighted by atomic mass is 9.98. The van der Waals surface area contributed by atoms with Gasteiger partial charge in [0.25, 0.3) is 5.91 Å². The molecule has 0 aromatic heterocycles. The average Bonchev–Trinajstić information content (AvgIpc) is 2.88. The number of piperidine rings is 1. The maximum Gasteiger partial charge on any atom is 0.256 e. The summed E-state index contributed by atoms with van der Waals surface area (Å²) in [5, 5.41) is 0. The van der Waals surface area contributed by atoms with E-state index in [1.807, 2.05) is 36.4 Å². The molecular formula is C27H25F2NO5. The number of ether oxygens (including phenoxy) is 4. The molecule has 8 heteroatoms. The zero-order chi connectivity index (χ0) is 24.6. The van der Waals surface area contributed by atoms with Crippen LogP contribution in [0.1, 0.15) is 28.8 Å². The highest BCUT2D eigenvalue weighted by molar-refractivity contribution is 5.94. The minimum absolute atomic E-state index is 0.138. The van der Waals surface area contributed by atoms with Crippen LogP contribution in [0.4, 0.5) is 8.78 Å². The lowest BCUT2D eigenvalue weighted by Crippen LogP contribution is -2.52. The Morgan fingerprint density at radius 2 is 1.63 bits per heavy atom. The van der Waals surface area contributed by atoms with E-state index in [-0.39, 0.29) is 5.56 Å². The Hall–Kier alpha value is -3.65. The Kier molecular flexibility index (Phi) is 6.06. The summed E-state index contributed by atoms with van der Waals surface area (Å²) in [6, 6.07) is 14.7. The van der Waals surface area contributed by atoms with Crippen molar-refractivity contribution in [3.8, 4) is 28.4 Å². The predicted octanol–water partition coefficient (Wildman–Crippen LogP) is 5.19. The summed E-state index contributed by atoms with van der Waals surface area (Å²) in [5.41, 5.74) is 2.76. The average molecular weight is 481 g/mol. The molecule has 2 heterocycles. The molecule has 0 saturated carbocycles. The number of hydrogen-bond donors (Lipinski definition) is 0. The van der Waals surface area contributed by atoms with E-state index < -0.39 is 23.3 Å². The third-order valence-corrected chi connectivity index (χ3v) is 6.54. The number of methoxy groups -OCH3 is 2. The van der Waals surface area contributed by atoms with Crippen LogP contribution in [0.15, 0.2) is 54.6 Å². The van der Waals surface area contributed by atoms with Gasteiger partial charge in [0, 0.05) is 37.6 Å². The summed E-state index contributed by atoms with van der Waals surface area (Å²) in [4.78, 5) is 14.3. The van der Waals surface area contributed by atoms with Gasteiger partial charge >= 0.3 is 0 Å². The standard InChI is InChI=1S/C27H25F2NO5/c1-32-24-8-4-18(14-25(24)33-2)17-3-7-23-19(13-17)16-34-27(35-23)9-11-30(12-10-27)26(31)21-6-5-20(28)15-22(21)29/h3-8,13-15H,9-12,16H2,1-2H3. The second kappa shape index (κ2) is 9.19. The number of rotatable bonds is 4. The van der Waals surface area contributed by atoms with Crippen LogP contribution in [-0.2, 0) is 11.3 Å². The third-order valence-electron chi connectivity index (χ3n) is 6.54. The van der Waals surface area contributed by atoms with Gasteiger partial charge in [-0.2, -0.15) is 0 Å². The van der Waals surface area contributed by atoms with Crippen LogP contribution >= 0.6 is 0 Å². The van der Waals surface area contributed by atoms with Crippen LogP contribution < -0.4 is 14.2 Å². The molecule has 1 spiro atoms. The topological polar surface area (TPSA) is 57.2 Å². The highest BCUT2D eigenvalue weighted by Gasteiger charge is 2.42. The zero-order valence-electron chi connectivity index (χ0n) is 19.5. The van der Waals surface area contributed by atoms with Gasteiger partial charge in [-0.3, -0.25) is 4.79 Å². The number of fused-ring (bicyclic) bond motifs is 1. The molecule has 6 nitrogen and oxygen atoms in total. The predicted molar refractivity (Wildman–Crippen MR) is 125 cm³/mol. The van der Waals surface area contributed by atoms with Crippen LogP contribution in [0.3, 0.4) is 0 Å². The van der Waals surface area contributed by atoms with Gasteiger partial charge in [0.15, 0.2) is 11.5 Å². The second-order valence-electron chi connectivity index (χ2n) is 8.61. The minimum Gasteiger partial charge on any atom is -0.493 e. The summed E-state index contributed by atoms with van der Waals surface area (Å²) in [5.74, 6) is -0.826. The number of nitrogens with zero attached hydrogens (tertiary/aromatic N) is 1. The van der Waals surface area contributed by atoms with Crippen molar-refractivity contribution in [3.63, 3.8) is 0 Å². The molecule has 3 aromatic carbocycles. The molecule has 0 aliphatic carbocycles. The van der Waals surface area contributed by atoms with E-state index in [0.29, 0.717) is 44.0 Å². The van der Waals surface area contributed by atoms with E-state index in [2.05, 4.69) is 0 Å². The fraction of sp³-hybridized carbons (Fsp3) is 0.296. The smallest absolute Gasteiger partial charge is 0.256 e. The van der Waals surface area contributed by atoms with Gasteiger partial charge in [0.05, 0.1) is 26.4 Å². The van der Waals surface area contributed by atoms with E-state index in [9.17, 15) is 13.6 Å². The SMILES string of the molecule is COc1ccc(-c2ccc3c(c2)COC2(CCN(C(=O)c4ccc(F)cc4F)CC2)O3)cc1OC. The molecule has 0 unspecified atom stereocenters. The molecule has 0 atom stereocenters. The largest absolute Gasteiger partial charge is 0.493 e. The second-order valence-corrected chi connectivity index (χ2v) is 8.61. The molecule has 0 bridgehead atoms. The highest BCUT2D eigenvalue weighted by atomic mass is 19.1. The molecule has 182 valence electrons. The Labute approximate surface area is 202 Å². The summed E-state index contributed by atoms with van der Waals surface area (Å²) < 4.78 is 50.4. The van der Waals surface area contributed by atoms with Gasteiger partial charge in [-0.25, -0.2) is 8.78 Å². The van der Waals surface area contributed by atoms with Crippen LogP contribution in [0.2, 0.25) is 0 Å². The van der Waals surface area contributed by atoms with Crippen LogP contribution in [0.25, 0.3) is 11.1 Å². The fourth-order valence-corrected chi connectivity index (χ4v) is 4.56. The number of likely N-dealkylation sites (tertiary alicyclic amines) is 1. The molecule has 35 heavy (non-hydrogen) atoms. The summed E-state index contributed by atoms with van der Waals surface area (Å²) in [6.07, 6.45) is 0.886. The third kappa shape index (κ3) is 4.41. The van der Waals surface area contributed by atoms with Crippen LogP contribution in [0.5, 0.6) is 17.2 Å². The van der Waals surface area contributed by atoms with E-state index >= 15 is 0 Å². The Balaban J connectivity index is 1.28. The fourth-order valence-electron chi connectivity index (χ4n) is 4.56. The van der Waals surface area contributed by atoms with Gasteiger partial charge < -0.3 is 23.8 Å². The van der Waals surface area contributed by atoms with E-state index in [4.69, 9.17) is 18.9 Å². The maximum atomic E-state index is 14.1. The first-order valence-corrected chi connectivity index (χ1v) is 11.3. The van der Waals surface area contributed by atoms with E-state index in [1.54, 1.807) is 19.1 Å². The van der Waals surface area contributed by atoms with Crippen molar-refractivity contribution in [1.82, 2.24) is 4.90 Å². The first-order valence-electron chi connectivity index (χ1n) is 11.3. The van der Waals surface area contributed by atoms with E-state index in [0.717, 1.165) is 34.6 Å². The number of amides is 1. The summed E-state index contributed by atoms with van der Waals surface area (Å²) >= 11 is 0. The molecule has 0 radical (unpaired) electrons. The van der Waals surface area contributed by atoms with Crippen molar-refractivity contribution >= 4 is 5.91 Å². The van der Waals surface area contributed by atoms with Crippen molar-refractivity contribution < 1.29 is 32.5 Å². The van der Waals surface area contributed by atoms with Gasteiger partial charge in [0.2, 0.25) is 5.79 Å². The summed E-state index contributed by atoms with van der Waals surface area (Å²) in [7, 11) is 3.20. The molecule has 1 amide bonds. The molecule has 5 rings (SSSR count). The normalized spacial score (nSPS) is 16.4. The number of carbonyl (C=O) groups is 1. The molecule has 3 aromatic rings. The number of benzene rings is 3. The molecular weight excluding hydrogens is 456 g/mol. The van der Waals surface area contributed by atoms with Crippen molar-refractivity contribution in [3.05, 3.63) is 77.4 Å². The minimum atomic E-state index is -0.861. The first-order chi connectivity index (χ1) is 16.9. The lowest BCUT2D eigenvalue weighted by molar-refractivity contribution is -0.225. The molecule has 2 aliphatic heterocycles.